The smallest absolute Gasteiger partial charge is 0.342 e. The maximum Gasteiger partial charge on any atom is 0.342 e. The molecule has 0 saturated carbocycles. The predicted molar refractivity (Wildman–Crippen MR) is 215 cm³/mol. The van der Waals surface area contributed by atoms with E-state index in [0.717, 1.165) is 19.4 Å². The van der Waals surface area contributed by atoms with Crippen LogP contribution in [0.3, 0.4) is 0 Å². The van der Waals surface area contributed by atoms with Crippen LogP contribution >= 0.6 is 0 Å². The predicted octanol–water partition coefficient (Wildman–Crippen LogP) is 5.79. The molecule has 13 heteroatoms. The van der Waals surface area contributed by atoms with Crippen LogP contribution in [-0.4, -0.2) is 77.8 Å². The largest absolute Gasteiger partial charge is 0.507 e. The molecule has 5 N–H and O–H groups in total. The number of ether oxygens (including phenoxy) is 3. The van der Waals surface area contributed by atoms with Crippen molar-refractivity contribution in [3.8, 4) is 17.2 Å². The number of allylic oxidation sites excluding steroid dienone is 3. The molecule has 2 aromatic carbocycles. The number of phenols is 2. The summed E-state index contributed by atoms with van der Waals surface area (Å²) in [5.41, 5.74) is 0.765. The molecule has 0 aromatic heterocycles. The van der Waals surface area contributed by atoms with Crippen LogP contribution < -0.4 is 26.1 Å². The summed E-state index contributed by atoms with van der Waals surface area (Å²) in [6.07, 6.45) is 5.98. The highest BCUT2D eigenvalue weighted by atomic mass is 16.5. The molecule has 0 aliphatic carbocycles. The highest BCUT2D eigenvalue weighted by Crippen LogP contribution is 2.46. The summed E-state index contributed by atoms with van der Waals surface area (Å²) in [5, 5.41) is 42.2. The maximum absolute atomic E-state index is 14.4. The first-order valence-corrected chi connectivity index (χ1v) is 20.1. The molecule has 4 rings (SSSR count). The number of benzene rings is 2. The molecule has 8 atom stereocenters. The number of carbonyl (C=O) groups excluding carboxylic acids is 3. The van der Waals surface area contributed by atoms with Gasteiger partial charge in [-0.1, -0.05) is 66.2 Å². The van der Waals surface area contributed by atoms with E-state index >= 15 is 0 Å². The zero-order valence-electron chi connectivity index (χ0n) is 34.7. The number of hydrogen-bond donors (Lipinski definition) is 5. The Hall–Kier alpha value is -4.49. The van der Waals surface area contributed by atoms with Crippen molar-refractivity contribution in [2.45, 2.75) is 113 Å². The van der Waals surface area contributed by atoms with Crippen LogP contribution in [0.25, 0.3) is 10.8 Å². The Morgan fingerprint density at radius 3 is 2.41 bits per heavy atom. The van der Waals surface area contributed by atoms with Crippen molar-refractivity contribution in [1.82, 2.24) is 5.32 Å². The van der Waals surface area contributed by atoms with Crippen LogP contribution in [0.4, 0.5) is 5.69 Å². The molecule has 0 radical (unpaired) electrons. The standard InChI is InChI=1S/C43H62N4O9/c1-11-15-29(21-44-12-2)41-45-33-30-31-37(50)27(9)40(54-13-3)32(30)43(53)55-19-18-23(5)39(56-28(10)48)26(8)36(49)25(7)20-22(4)16-14-17-24(6)42(52)47-35(38(31)51)34(33)46-41/h14,16-17,22-23,25-26,29,36,39,41,44-45,49-51H,11-13,15,18-21H2,1-10H3/b16-14+,24-17-,47-35?/t22-,23+,25+,26+,29?,36+,39+,41?/m0/s1. The highest BCUT2D eigenvalue weighted by Gasteiger charge is 2.36. The quantitative estimate of drug-likeness (QED) is 0.153. The van der Waals surface area contributed by atoms with Crippen LogP contribution in [-0.2, 0) is 19.1 Å². The van der Waals surface area contributed by atoms with E-state index in [0.29, 0.717) is 30.6 Å². The van der Waals surface area contributed by atoms with Gasteiger partial charge in [0.15, 0.2) is 5.75 Å². The maximum atomic E-state index is 14.4. The monoisotopic (exact) mass is 778 g/mol. The van der Waals surface area contributed by atoms with Gasteiger partial charge in [0.2, 0.25) is 0 Å². The number of aromatic hydroxyl groups is 2. The van der Waals surface area contributed by atoms with Gasteiger partial charge in [-0.15, -0.1) is 0 Å². The molecule has 2 aliphatic rings. The van der Waals surface area contributed by atoms with Crippen LogP contribution in [0.2, 0.25) is 0 Å². The zero-order chi connectivity index (χ0) is 41.4. The average molecular weight is 779 g/mol. The van der Waals surface area contributed by atoms with Crippen LogP contribution in [0.5, 0.6) is 17.2 Å². The number of anilines is 1. The number of carbonyl (C=O) groups is 3. The lowest BCUT2D eigenvalue weighted by molar-refractivity contribution is -0.156. The fraction of sp³-hybridized carbons (Fsp3) is 0.605. The molecule has 308 valence electrons. The Labute approximate surface area is 330 Å². The van der Waals surface area contributed by atoms with Gasteiger partial charge in [-0.3, -0.25) is 14.6 Å². The normalized spacial score (nSPS) is 27.1. The summed E-state index contributed by atoms with van der Waals surface area (Å²) < 4.78 is 17.8. The zero-order valence-corrected chi connectivity index (χ0v) is 34.7. The number of phenolic OH excluding ortho intramolecular Hbond substituents is 2. The molecular formula is C43H62N4O9. The third-order valence-corrected chi connectivity index (χ3v) is 11.0. The lowest BCUT2D eigenvalue weighted by atomic mass is 9.80. The van der Waals surface area contributed by atoms with Gasteiger partial charge in [0, 0.05) is 41.8 Å². The first-order chi connectivity index (χ1) is 26.6. The Bertz CT molecular complexity index is 1960. The minimum Gasteiger partial charge on any atom is -0.507 e. The third-order valence-electron chi connectivity index (χ3n) is 11.0. The summed E-state index contributed by atoms with van der Waals surface area (Å²) in [6, 6.07) is 0. The van der Waals surface area contributed by atoms with Gasteiger partial charge in [-0.05, 0) is 64.3 Å². The molecule has 2 unspecified atom stereocenters. The van der Waals surface area contributed by atoms with E-state index in [4.69, 9.17) is 19.2 Å². The van der Waals surface area contributed by atoms with Gasteiger partial charge in [-0.25, -0.2) is 9.79 Å². The van der Waals surface area contributed by atoms with Crippen LogP contribution in [0, 0.1) is 36.5 Å². The first-order valence-electron chi connectivity index (χ1n) is 20.1. The van der Waals surface area contributed by atoms with Crippen molar-refractivity contribution in [2.24, 2.45) is 39.6 Å². The molecule has 56 heavy (non-hydrogen) atoms. The highest BCUT2D eigenvalue weighted by molar-refractivity contribution is 6.16. The number of amides is 1. The number of nitrogens with zero attached hydrogens (tertiary/aromatic N) is 2. The second kappa shape index (κ2) is 19.6. The van der Waals surface area contributed by atoms with Crippen molar-refractivity contribution < 1.29 is 43.9 Å². The van der Waals surface area contributed by atoms with Crippen molar-refractivity contribution in [2.75, 3.05) is 31.6 Å². The molecule has 2 aliphatic heterocycles. The van der Waals surface area contributed by atoms with Crippen molar-refractivity contribution >= 4 is 34.3 Å². The molecule has 2 heterocycles. The van der Waals surface area contributed by atoms with E-state index < -0.39 is 47.9 Å². The van der Waals surface area contributed by atoms with E-state index in [1.165, 1.54) is 6.92 Å². The average Bonchev–Trinajstić information content (AvgIpc) is 3.59. The molecule has 4 bridgehead atoms. The number of rotatable bonds is 9. The Balaban J connectivity index is 2.03. The number of hydrogen-bond acceptors (Lipinski definition) is 12. The minimum absolute atomic E-state index is 0.0133. The van der Waals surface area contributed by atoms with Gasteiger partial charge in [-0.2, -0.15) is 0 Å². The fourth-order valence-electron chi connectivity index (χ4n) is 7.97. The lowest BCUT2D eigenvalue weighted by Gasteiger charge is -2.34. The molecular weight excluding hydrogens is 716 g/mol. The molecule has 0 fully saturated rings. The lowest BCUT2D eigenvalue weighted by Crippen LogP contribution is -2.40. The SMILES string of the molecule is CCCC(CNCC)C1N=c2c(c3c4c(OCC)c(C)c(O)c3c(O)c2=NC(=O)/C(C)=C\C=C\[C@H](C)C[C@@H](C)[C@@H](O)[C@@H](C)[C@H](OC(C)=O)[C@H](C)CCOC4=O)N1. The molecule has 13 nitrogen and oxygen atoms in total. The van der Waals surface area contributed by atoms with Crippen molar-refractivity contribution in [3.63, 3.8) is 0 Å². The van der Waals surface area contributed by atoms with Crippen LogP contribution in [0.15, 0.2) is 33.8 Å². The summed E-state index contributed by atoms with van der Waals surface area (Å²) >= 11 is 0. The second-order valence-electron chi connectivity index (χ2n) is 15.5. The summed E-state index contributed by atoms with van der Waals surface area (Å²) in [6.45, 7) is 19.6. The second-order valence-corrected chi connectivity index (χ2v) is 15.5. The molecule has 1 amide bonds. The van der Waals surface area contributed by atoms with E-state index in [2.05, 4.69) is 22.5 Å². The third kappa shape index (κ3) is 9.72. The number of aliphatic hydroxyl groups is 1. The van der Waals surface area contributed by atoms with Gasteiger partial charge < -0.3 is 40.2 Å². The van der Waals surface area contributed by atoms with Gasteiger partial charge in [0.1, 0.15) is 40.0 Å². The fourth-order valence-corrected chi connectivity index (χ4v) is 7.97. The Morgan fingerprint density at radius 1 is 1.05 bits per heavy atom. The first kappa shape index (κ1) is 44.2. The van der Waals surface area contributed by atoms with E-state index in [1.807, 2.05) is 40.7 Å². The van der Waals surface area contributed by atoms with Gasteiger partial charge in [0.05, 0.1) is 30.4 Å². The van der Waals surface area contributed by atoms with Gasteiger partial charge >= 0.3 is 11.9 Å². The number of nitrogens with one attached hydrogen (secondary N) is 2. The Morgan fingerprint density at radius 2 is 1.77 bits per heavy atom. The number of aliphatic hydroxyl groups excluding tert-OH is 1. The van der Waals surface area contributed by atoms with Crippen molar-refractivity contribution in [3.05, 3.63) is 45.6 Å². The molecule has 0 spiro atoms. The Kier molecular flexibility index (Phi) is 15.5. The summed E-state index contributed by atoms with van der Waals surface area (Å²) in [5.74, 6) is -3.52. The van der Waals surface area contributed by atoms with Crippen molar-refractivity contribution in [1.29, 1.82) is 0 Å². The number of fused-ring (bicyclic) bond motifs is 3. The van der Waals surface area contributed by atoms with Crippen LogP contribution in [0.1, 0.15) is 104 Å². The number of esters is 2. The summed E-state index contributed by atoms with van der Waals surface area (Å²) in [4.78, 5) is 49.8. The minimum atomic E-state index is -0.800. The molecule has 0 saturated heterocycles. The summed E-state index contributed by atoms with van der Waals surface area (Å²) in [7, 11) is 0. The number of cyclic esters (lactones) is 1. The van der Waals surface area contributed by atoms with E-state index in [9.17, 15) is 29.7 Å². The van der Waals surface area contributed by atoms with E-state index in [1.54, 1.807) is 32.9 Å². The van der Waals surface area contributed by atoms with E-state index in [-0.39, 0.29) is 81.0 Å². The topological polar surface area (TPSA) is 188 Å². The van der Waals surface area contributed by atoms with Gasteiger partial charge in [0.25, 0.3) is 5.91 Å². The molecule has 2 aromatic rings.